The average molecular weight is 448 g/mol. The third-order valence-corrected chi connectivity index (χ3v) is 6.83. The molecular formula is C17H19F3N4O5S. The van der Waals surface area contributed by atoms with Crippen LogP contribution in [0.1, 0.15) is 18.4 Å². The van der Waals surface area contributed by atoms with Gasteiger partial charge in [0.25, 0.3) is 5.91 Å². The van der Waals surface area contributed by atoms with Crippen LogP contribution in [-0.4, -0.2) is 67.7 Å². The van der Waals surface area contributed by atoms with Crippen molar-refractivity contribution < 1.29 is 36.0 Å². The van der Waals surface area contributed by atoms with Gasteiger partial charge in [-0.25, -0.2) is 13.2 Å². The number of carbonyl (C=O) groups excluding carboxylic acids is 3. The van der Waals surface area contributed by atoms with Crippen molar-refractivity contribution in [2.24, 2.45) is 0 Å². The van der Waals surface area contributed by atoms with Crippen molar-refractivity contribution in [2.75, 3.05) is 26.2 Å². The second-order valence-electron chi connectivity index (χ2n) is 6.86. The Balaban J connectivity index is 1.54. The number of nitrogens with one attached hydrogen (secondary N) is 2. The molecule has 0 saturated carbocycles. The molecule has 164 valence electrons. The van der Waals surface area contributed by atoms with Gasteiger partial charge in [-0.15, -0.1) is 0 Å². The lowest BCUT2D eigenvalue weighted by molar-refractivity contribution is -0.137. The molecule has 0 spiro atoms. The van der Waals surface area contributed by atoms with Gasteiger partial charge in [0.05, 0.1) is 10.5 Å². The van der Waals surface area contributed by atoms with Crippen molar-refractivity contribution in [1.82, 2.24) is 19.8 Å². The summed E-state index contributed by atoms with van der Waals surface area (Å²) >= 11 is 0. The number of urea groups is 1. The standard InChI is InChI=1S/C17H19F3N4O5S/c18-17(19,20)11-1-3-12(4-2-11)30(28,29)24-9-7-23(8-10-24)14(25)6-5-13-15(26)22-16(27)21-13/h1-4,13H,5-10H2,(H2,21,22,26,27)/t13-/m1/s1. The fraction of sp³-hybridized carbons (Fsp3) is 0.471. The van der Waals surface area contributed by atoms with E-state index in [1.807, 2.05) is 0 Å². The quantitative estimate of drug-likeness (QED) is 0.638. The summed E-state index contributed by atoms with van der Waals surface area (Å²) in [5.41, 5.74) is -0.941. The molecule has 0 aromatic heterocycles. The van der Waals surface area contributed by atoms with E-state index in [1.54, 1.807) is 0 Å². The lowest BCUT2D eigenvalue weighted by atomic mass is 10.1. The summed E-state index contributed by atoms with van der Waals surface area (Å²) in [6.07, 6.45) is -4.43. The molecule has 1 aromatic carbocycles. The molecule has 0 bridgehead atoms. The highest BCUT2D eigenvalue weighted by Crippen LogP contribution is 2.30. The number of imide groups is 1. The lowest BCUT2D eigenvalue weighted by Gasteiger charge is -2.34. The SMILES string of the molecule is O=C1NC(=O)[C@@H](CCC(=O)N2CCN(S(=O)(=O)c3ccc(C(F)(F)F)cc3)CC2)N1. The molecule has 2 N–H and O–H groups in total. The zero-order valence-electron chi connectivity index (χ0n) is 15.6. The molecule has 0 radical (unpaired) electrons. The molecule has 0 unspecified atom stereocenters. The summed E-state index contributed by atoms with van der Waals surface area (Å²) in [6.45, 7) is 0.218. The van der Waals surface area contributed by atoms with Crippen molar-refractivity contribution in [1.29, 1.82) is 0 Å². The number of benzene rings is 1. The first-order valence-electron chi connectivity index (χ1n) is 9.05. The zero-order valence-corrected chi connectivity index (χ0v) is 16.4. The van der Waals surface area contributed by atoms with Crippen LogP contribution in [0.25, 0.3) is 0 Å². The Morgan fingerprint density at radius 1 is 1.07 bits per heavy atom. The Kier molecular flexibility index (Phi) is 6.04. The van der Waals surface area contributed by atoms with E-state index in [0.29, 0.717) is 12.1 Å². The molecule has 9 nitrogen and oxygen atoms in total. The maximum absolute atomic E-state index is 12.7. The average Bonchev–Trinajstić information content (AvgIpc) is 3.02. The van der Waals surface area contributed by atoms with Gasteiger partial charge < -0.3 is 10.2 Å². The number of hydrogen-bond donors (Lipinski definition) is 2. The van der Waals surface area contributed by atoms with Crippen molar-refractivity contribution in [2.45, 2.75) is 30.0 Å². The Labute approximate surface area is 170 Å². The normalized spacial score (nSPS) is 20.8. The Hall–Kier alpha value is -2.67. The number of alkyl halides is 3. The summed E-state index contributed by atoms with van der Waals surface area (Å²) in [5.74, 6) is -0.782. The van der Waals surface area contributed by atoms with Crippen molar-refractivity contribution >= 4 is 27.9 Å². The van der Waals surface area contributed by atoms with Gasteiger partial charge >= 0.3 is 12.2 Å². The van der Waals surface area contributed by atoms with Crippen LogP contribution in [0.4, 0.5) is 18.0 Å². The highest BCUT2D eigenvalue weighted by Gasteiger charge is 2.34. The molecule has 2 aliphatic rings. The van der Waals surface area contributed by atoms with E-state index in [-0.39, 0.29) is 49.8 Å². The van der Waals surface area contributed by atoms with Crippen LogP contribution < -0.4 is 10.6 Å². The van der Waals surface area contributed by atoms with Gasteiger partial charge in [-0.2, -0.15) is 17.5 Å². The molecule has 2 fully saturated rings. The second-order valence-corrected chi connectivity index (χ2v) is 8.80. The van der Waals surface area contributed by atoms with Crippen molar-refractivity contribution in [3.8, 4) is 0 Å². The van der Waals surface area contributed by atoms with E-state index in [4.69, 9.17) is 0 Å². The Bertz CT molecular complexity index is 941. The smallest absolute Gasteiger partial charge is 0.340 e. The predicted octanol–water partition coefficient (Wildman–Crippen LogP) is 0.526. The van der Waals surface area contributed by atoms with Gasteiger partial charge in [0.15, 0.2) is 0 Å². The fourth-order valence-electron chi connectivity index (χ4n) is 3.23. The number of piperazine rings is 1. The predicted molar refractivity (Wildman–Crippen MR) is 96.5 cm³/mol. The van der Waals surface area contributed by atoms with Crippen LogP contribution in [0, 0.1) is 0 Å². The van der Waals surface area contributed by atoms with E-state index < -0.39 is 39.7 Å². The number of nitrogens with zero attached hydrogens (tertiary/aromatic N) is 2. The van der Waals surface area contributed by atoms with Gasteiger partial charge in [-0.1, -0.05) is 0 Å². The first-order chi connectivity index (χ1) is 14.0. The first kappa shape index (κ1) is 22.0. The van der Waals surface area contributed by atoms with Crippen LogP contribution in [0.5, 0.6) is 0 Å². The molecule has 0 aliphatic carbocycles. The third-order valence-electron chi connectivity index (χ3n) is 4.92. The second kappa shape index (κ2) is 8.22. The monoisotopic (exact) mass is 448 g/mol. The molecule has 2 aliphatic heterocycles. The highest BCUT2D eigenvalue weighted by molar-refractivity contribution is 7.89. The highest BCUT2D eigenvalue weighted by atomic mass is 32.2. The minimum atomic E-state index is -4.56. The zero-order chi connectivity index (χ0) is 22.1. The van der Waals surface area contributed by atoms with E-state index in [0.717, 1.165) is 16.4 Å². The van der Waals surface area contributed by atoms with Crippen molar-refractivity contribution in [3.05, 3.63) is 29.8 Å². The van der Waals surface area contributed by atoms with Crippen LogP contribution >= 0.6 is 0 Å². The van der Waals surface area contributed by atoms with E-state index in [2.05, 4.69) is 10.6 Å². The minimum Gasteiger partial charge on any atom is -0.340 e. The maximum atomic E-state index is 12.7. The molecule has 1 atom stereocenters. The molecule has 3 rings (SSSR count). The minimum absolute atomic E-state index is 0.00399. The van der Waals surface area contributed by atoms with Crippen LogP contribution in [0.2, 0.25) is 0 Å². The van der Waals surface area contributed by atoms with Crippen LogP contribution in [0.15, 0.2) is 29.2 Å². The summed E-state index contributed by atoms with van der Waals surface area (Å²) < 4.78 is 64.4. The summed E-state index contributed by atoms with van der Waals surface area (Å²) in [5, 5.41) is 4.46. The maximum Gasteiger partial charge on any atom is 0.416 e. The molecular weight excluding hydrogens is 429 g/mol. The molecule has 13 heteroatoms. The number of carbonyl (C=O) groups is 3. The van der Waals surface area contributed by atoms with Gasteiger partial charge in [0.1, 0.15) is 6.04 Å². The van der Waals surface area contributed by atoms with E-state index in [1.165, 1.54) is 4.90 Å². The van der Waals surface area contributed by atoms with Crippen LogP contribution in [0.3, 0.4) is 0 Å². The van der Waals surface area contributed by atoms with Gasteiger partial charge in [0, 0.05) is 32.6 Å². The summed E-state index contributed by atoms with van der Waals surface area (Å²) in [4.78, 5) is 36.1. The molecule has 4 amide bonds. The number of halogens is 3. The first-order valence-corrected chi connectivity index (χ1v) is 10.5. The van der Waals surface area contributed by atoms with Gasteiger partial charge in [-0.3, -0.25) is 14.9 Å². The third kappa shape index (κ3) is 4.73. The molecule has 30 heavy (non-hydrogen) atoms. The van der Waals surface area contributed by atoms with Gasteiger partial charge in [0.2, 0.25) is 15.9 Å². The van der Waals surface area contributed by atoms with Crippen molar-refractivity contribution in [3.63, 3.8) is 0 Å². The molecule has 1 aromatic rings. The number of amides is 4. The molecule has 2 heterocycles. The lowest BCUT2D eigenvalue weighted by Crippen LogP contribution is -2.50. The number of sulfonamides is 1. The molecule has 2 saturated heterocycles. The Morgan fingerprint density at radius 3 is 2.17 bits per heavy atom. The largest absolute Gasteiger partial charge is 0.416 e. The van der Waals surface area contributed by atoms with E-state index >= 15 is 0 Å². The summed E-state index contributed by atoms with van der Waals surface area (Å²) in [7, 11) is -3.98. The van der Waals surface area contributed by atoms with Gasteiger partial charge in [-0.05, 0) is 30.7 Å². The summed E-state index contributed by atoms with van der Waals surface area (Å²) in [6, 6.07) is 1.87. The van der Waals surface area contributed by atoms with E-state index in [9.17, 15) is 36.0 Å². The van der Waals surface area contributed by atoms with Crippen LogP contribution in [-0.2, 0) is 25.8 Å². The fourth-order valence-corrected chi connectivity index (χ4v) is 4.65. The Morgan fingerprint density at radius 2 is 1.67 bits per heavy atom. The number of rotatable bonds is 5. The number of hydrogen-bond acceptors (Lipinski definition) is 5. The topological polar surface area (TPSA) is 116 Å².